The third-order valence-corrected chi connectivity index (χ3v) is 3.44. The molecule has 0 saturated heterocycles. The predicted octanol–water partition coefficient (Wildman–Crippen LogP) is 3.30. The van der Waals surface area contributed by atoms with Crippen LogP contribution in [0.1, 0.15) is 28.9 Å². The standard InChI is InChI=1S/C13H12F2N2OS/c1-7(8-2-3-19-6-8)17-12-4-9(13(16)18)10(14)5-11(12)15/h2-7,17H,1H3,(H2,16,18). The van der Waals surface area contributed by atoms with E-state index in [4.69, 9.17) is 5.73 Å². The molecule has 0 bridgehead atoms. The number of carbonyl (C=O) groups excluding carboxylic acids is 1. The SMILES string of the molecule is CC(Nc1cc(C(N)=O)c(F)cc1F)c1ccsc1. The quantitative estimate of drug-likeness (QED) is 0.904. The summed E-state index contributed by atoms with van der Waals surface area (Å²) in [6.07, 6.45) is 0. The lowest BCUT2D eigenvalue weighted by Gasteiger charge is -2.15. The van der Waals surface area contributed by atoms with E-state index < -0.39 is 17.5 Å². The number of benzene rings is 1. The first-order chi connectivity index (χ1) is 8.99. The van der Waals surface area contributed by atoms with Crippen molar-refractivity contribution < 1.29 is 13.6 Å². The van der Waals surface area contributed by atoms with Crippen LogP contribution in [0.4, 0.5) is 14.5 Å². The molecule has 1 aromatic heterocycles. The highest BCUT2D eigenvalue weighted by atomic mass is 32.1. The van der Waals surface area contributed by atoms with E-state index in [0.717, 1.165) is 11.6 Å². The van der Waals surface area contributed by atoms with E-state index in [1.165, 1.54) is 11.3 Å². The number of hydrogen-bond acceptors (Lipinski definition) is 3. The molecule has 0 saturated carbocycles. The van der Waals surface area contributed by atoms with Gasteiger partial charge in [-0.05, 0) is 35.4 Å². The first-order valence-electron chi connectivity index (χ1n) is 5.56. The maximum atomic E-state index is 13.6. The number of halogens is 2. The maximum absolute atomic E-state index is 13.6. The summed E-state index contributed by atoms with van der Waals surface area (Å²) in [6.45, 7) is 1.84. The van der Waals surface area contributed by atoms with E-state index >= 15 is 0 Å². The van der Waals surface area contributed by atoms with Crippen molar-refractivity contribution in [1.29, 1.82) is 0 Å². The number of thiophene rings is 1. The summed E-state index contributed by atoms with van der Waals surface area (Å²) in [5.41, 5.74) is 5.73. The van der Waals surface area contributed by atoms with Crippen molar-refractivity contribution in [2.75, 3.05) is 5.32 Å². The van der Waals surface area contributed by atoms with Gasteiger partial charge in [0.05, 0.1) is 11.3 Å². The van der Waals surface area contributed by atoms with Gasteiger partial charge in [0.25, 0.3) is 5.91 Å². The van der Waals surface area contributed by atoms with Crippen LogP contribution in [0.5, 0.6) is 0 Å². The van der Waals surface area contributed by atoms with Crippen LogP contribution in [0.15, 0.2) is 29.0 Å². The summed E-state index contributed by atoms with van der Waals surface area (Å²) >= 11 is 1.53. The van der Waals surface area contributed by atoms with Crippen molar-refractivity contribution in [3.63, 3.8) is 0 Å². The molecule has 100 valence electrons. The summed E-state index contributed by atoms with van der Waals surface area (Å²) in [6, 6.07) is 3.49. The molecule has 0 aliphatic carbocycles. The zero-order valence-electron chi connectivity index (χ0n) is 10.1. The van der Waals surface area contributed by atoms with Gasteiger partial charge in [-0.25, -0.2) is 8.78 Å². The van der Waals surface area contributed by atoms with Crippen LogP contribution in [0.3, 0.4) is 0 Å². The second-order valence-electron chi connectivity index (χ2n) is 4.10. The number of carbonyl (C=O) groups is 1. The van der Waals surface area contributed by atoms with Crippen molar-refractivity contribution in [2.24, 2.45) is 5.73 Å². The van der Waals surface area contributed by atoms with Crippen LogP contribution in [0.25, 0.3) is 0 Å². The topological polar surface area (TPSA) is 55.1 Å². The van der Waals surface area contributed by atoms with Gasteiger partial charge in [0.15, 0.2) is 0 Å². The molecule has 1 amide bonds. The summed E-state index contributed by atoms with van der Waals surface area (Å²) in [5.74, 6) is -2.65. The molecule has 0 aliphatic heterocycles. The molecule has 3 nitrogen and oxygen atoms in total. The van der Waals surface area contributed by atoms with Gasteiger partial charge >= 0.3 is 0 Å². The molecule has 0 aliphatic rings. The number of amides is 1. The van der Waals surface area contributed by atoms with Crippen LogP contribution in [0.2, 0.25) is 0 Å². The Morgan fingerprint density at radius 2 is 2.11 bits per heavy atom. The Morgan fingerprint density at radius 3 is 2.68 bits per heavy atom. The van der Waals surface area contributed by atoms with Crippen LogP contribution in [-0.2, 0) is 0 Å². The van der Waals surface area contributed by atoms with Gasteiger partial charge in [-0.15, -0.1) is 0 Å². The predicted molar refractivity (Wildman–Crippen MR) is 71.2 cm³/mol. The Balaban J connectivity index is 2.30. The molecule has 3 N–H and O–H groups in total. The van der Waals surface area contributed by atoms with E-state index in [1.807, 2.05) is 23.8 Å². The molecule has 1 aromatic carbocycles. The Hall–Kier alpha value is -1.95. The second-order valence-corrected chi connectivity index (χ2v) is 4.88. The maximum Gasteiger partial charge on any atom is 0.251 e. The van der Waals surface area contributed by atoms with Gasteiger partial charge in [0, 0.05) is 12.1 Å². The molecule has 0 radical (unpaired) electrons. The van der Waals surface area contributed by atoms with Gasteiger partial charge in [-0.3, -0.25) is 4.79 Å². The van der Waals surface area contributed by atoms with Crippen molar-refractivity contribution in [2.45, 2.75) is 13.0 Å². The minimum Gasteiger partial charge on any atom is -0.376 e. The highest BCUT2D eigenvalue weighted by molar-refractivity contribution is 7.07. The molecule has 2 aromatic rings. The van der Waals surface area contributed by atoms with Crippen LogP contribution in [0, 0.1) is 11.6 Å². The third-order valence-electron chi connectivity index (χ3n) is 2.74. The zero-order valence-corrected chi connectivity index (χ0v) is 10.9. The highest BCUT2D eigenvalue weighted by Gasteiger charge is 2.15. The Kier molecular flexibility index (Phi) is 3.80. The fourth-order valence-electron chi connectivity index (χ4n) is 1.69. The van der Waals surface area contributed by atoms with Gasteiger partial charge in [-0.2, -0.15) is 11.3 Å². The number of rotatable bonds is 4. The van der Waals surface area contributed by atoms with Gasteiger partial charge < -0.3 is 11.1 Å². The molecule has 6 heteroatoms. The van der Waals surface area contributed by atoms with Crippen molar-refractivity contribution in [1.82, 2.24) is 0 Å². The van der Waals surface area contributed by atoms with E-state index in [9.17, 15) is 13.6 Å². The number of hydrogen-bond donors (Lipinski definition) is 2. The molecule has 2 rings (SSSR count). The number of nitrogens with one attached hydrogen (secondary N) is 1. The van der Waals surface area contributed by atoms with Crippen LogP contribution < -0.4 is 11.1 Å². The molecule has 19 heavy (non-hydrogen) atoms. The number of anilines is 1. The summed E-state index contributed by atoms with van der Waals surface area (Å²) in [7, 11) is 0. The Bertz CT molecular complexity index is 599. The fraction of sp³-hybridized carbons (Fsp3) is 0.154. The number of nitrogens with two attached hydrogens (primary N) is 1. The second kappa shape index (κ2) is 5.36. The van der Waals surface area contributed by atoms with Gasteiger partial charge in [0.2, 0.25) is 0 Å². The van der Waals surface area contributed by atoms with E-state index in [1.54, 1.807) is 0 Å². The molecular weight excluding hydrogens is 270 g/mol. The first-order valence-corrected chi connectivity index (χ1v) is 6.51. The van der Waals surface area contributed by atoms with Gasteiger partial charge in [0.1, 0.15) is 11.6 Å². The van der Waals surface area contributed by atoms with E-state index in [-0.39, 0.29) is 17.3 Å². The van der Waals surface area contributed by atoms with E-state index in [0.29, 0.717) is 6.07 Å². The average Bonchev–Trinajstić information content (AvgIpc) is 2.85. The molecule has 1 heterocycles. The number of primary amides is 1. The minimum atomic E-state index is -0.960. The highest BCUT2D eigenvalue weighted by Crippen LogP contribution is 2.25. The van der Waals surface area contributed by atoms with Crippen molar-refractivity contribution in [3.05, 3.63) is 51.7 Å². The largest absolute Gasteiger partial charge is 0.376 e. The average molecular weight is 282 g/mol. The summed E-state index contributed by atoms with van der Waals surface area (Å²) in [5, 5.41) is 6.72. The lowest BCUT2D eigenvalue weighted by atomic mass is 10.1. The summed E-state index contributed by atoms with van der Waals surface area (Å²) in [4.78, 5) is 11.0. The third kappa shape index (κ3) is 2.90. The lowest BCUT2D eigenvalue weighted by molar-refractivity contribution is 0.0996. The van der Waals surface area contributed by atoms with Crippen molar-refractivity contribution in [3.8, 4) is 0 Å². The molecule has 0 fully saturated rings. The van der Waals surface area contributed by atoms with Crippen LogP contribution >= 0.6 is 11.3 Å². The zero-order chi connectivity index (χ0) is 14.0. The van der Waals surface area contributed by atoms with Gasteiger partial charge in [-0.1, -0.05) is 0 Å². The molecule has 1 unspecified atom stereocenters. The Morgan fingerprint density at radius 1 is 1.37 bits per heavy atom. The fourth-order valence-corrected chi connectivity index (χ4v) is 2.44. The van der Waals surface area contributed by atoms with E-state index in [2.05, 4.69) is 5.32 Å². The first kappa shape index (κ1) is 13.5. The lowest BCUT2D eigenvalue weighted by Crippen LogP contribution is -2.15. The van der Waals surface area contributed by atoms with Crippen LogP contribution in [-0.4, -0.2) is 5.91 Å². The van der Waals surface area contributed by atoms with Crippen molar-refractivity contribution >= 4 is 22.9 Å². The Labute approximate surface area is 113 Å². The molecule has 1 atom stereocenters. The summed E-state index contributed by atoms with van der Waals surface area (Å²) < 4.78 is 27.0. The molecular formula is C13H12F2N2OS. The minimum absolute atomic E-state index is 0.0499. The monoisotopic (exact) mass is 282 g/mol. The molecule has 0 spiro atoms. The normalized spacial score (nSPS) is 12.2. The smallest absolute Gasteiger partial charge is 0.251 e.